The predicted molar refractivity (Wildman–Crippen MR) is 64.6 cm³/mol. The summed E-state index contributed by atoms with van der Waals surface area (Å²) in [6.07, 6.45) is 1.37. The third-order valence-electron chi connectivity index (χ3n) is 2.20. The zero-order chi connectivity index (χ0) is 12.3. The Balaban J connectivity index is 2.02. The molecule has 0 unspecified atom stereocenters. The first-order valence-electron chi connectivity index (χ1n) is 4.98. The SMILES string of the molecule is Oc1ccc(CNc2ccc(F)c(Cl)c2)nc1. The van der Waals surface area contributed by atoms with Gasteiger partial charge in [0.2, 0.25) is 0 Å². The highest BCUT2D eigenvalue weighted by Crippen LogP contribution is 2.19. The molecule has 88 valence electrons. The molecule has 2 aromatic rings. The molecule has 0 aliphatic carbocycles. The Kier molecular flexibility index (Phi) is 3.44. The van der Waals surface area contributed by atoms with Crippen LogP contribution in [0.1, 0.15) is 5.69 Å². The summed E-state index contributed by atoms with van der Waals surface area (Å²) in [5.41, 5.74) is 1.48. The summed E-state index contributed by atoms with van der Waals surface area (Å²) in [6.45, 7) is 0.474. The molecule has 17 heavy (non-hydrogen) atoms. The number of pyridine rings is 1. The number of hydrogen-bond donors (Lipinski definition) is 2. The monoisotopic (exact) mass is 252 g/mol. The lowest BCUT2D eigenvalue weighted by molar-refractivity contribution is 0.472. The van der Waals surface area contributed by atoms with E-state index in [1.165, 1.54) is 18.3 Å². The molecule has 0 saturated heterocycles. The molecule has 0 saturated carbocycles. The van der Waals surface area contributed by atoms with E-state index in [0.29, 0.717) is 12.2 Å². The van der Waals surface area contributed by atoms with E-state index in [1.54, 1.807) is 18.2 Å². The molecule has 3 nitrogen and oxygen atoms in total. The van der Waals surface area contributed by atoms with Crippen molar-refractivity contribution in [2.45, 2.75) is 6.54 Å². The lowest BCUT2D eigenvalue weighted by Gasteiger charge is -2.06. The minimum absolute atomic E-state index is 0.0775. The number of anilines is 1. The highest BCUT2D eigenvalue weighted by Gasteiger charge is 2.01. The first kappa shape index (κ1) is 11.7. The standard InChI is InChI=1S/C12H10ClFN2O/c13-11-5-8(2-4-12(11)14)15-6-9-1-3-10(17)7-16-9/h1-5,7,15,17H,6H2. The minimum Gasteiger partial charge on any atom is -0.506 e. The maximum absolute atomic E-state index is 12.9. The molecule has 0 amide bonds. The van der Waals surface area contributed by atoms with Crippen LogP contribution in [0.5, 0.6) is 5.75 Å². The number of aromatic hydroxyl groups is 1. The molecule has 0 aliphatic rings. The largest absolute Gasteiger partial charge is 0.506 e. The summed E-state index contributed by atoms with van der Waals surface area (Å²) in [6, 6.07) is 7.67. The zero-order valence-electron chi connectivity index (χ0n) is 8.82. The molecule has 1 aromatic heterocycles. The van der Waals surface area contributed by atoms with Gasteiger partial charge in [0, 0.05) is 5.69 Å². The molecule has 0 spiro atoms. The van der Waals surface area contributed by atoms with Crippen LogP contribution in [-0.4, -0.2) is 10.1 Å². The van der Waals surface area contributed by atoms with Crippen LogP contribution >= 0.6 is 11.6 Å². The smallest absolute Gasteiger partial charge is 0.141 e. The van der Waals surface area contributed by atoms with E-state index in [1.807, 2.05) is 0 Å². The summed E-state index contributed by atoms with van der Waals surface area (Å²) in [5.74, 6) is -0.321. The maximum Gasteiger partial charge on any atom is 0.141 e. The average Bonchev–Trinajstić information content (AvgIpc) is 2.33. The molecule has 0 atom stereocenters. The lowest BCUT2D eigenvalue weighted by atomic mass is 10.3. The quantitative estimate of drug-likeness (QED) is 0.882. The van der Waals surface area contributed by atoms with Crippen LogP contribution in [0.3, 0.4) is 0 Å². The highest BCUT2D eigenvalue weighted by molar-refractivity contribution is 6.31. The number of hydrogen-bond acceptors (Lipinski definition) is 3. The van der Waals surface area contributed by atoms with Gasteiger partial charge >= 0.3 is 0 Å². The van der Waals surface area contributed by atoms with E-state index >= 15 is 0 Å². The van der Waals surface area contributed by atoms with Gasteiger partial charge in [-0.3, -0.25) is 4.98 Å². The molecule has 0 aliphatic heterocycles. The second-order valence-corrected chi connectivity index (χ2v) is 3.90. The van der Waals surface area contributed by atoms with Crippen molar-refractivity contribution in [1.82, 2.24) is 4.98 Å². The lowest BCUT2D eigenvalue weighted by Crippen LogP contribution is -2.01. The molecular weight excluding hydrogens is 243 g/mol. The van der Waals surface area contributed by atoms with Gasteiger partial charge in [0.05, 0.1) is 23.5 Å². The third-order valence-corrected chi connectivity index (χ3v) is 2.49. The van der Waals surface area contributed by atoms with Crippen molar-refractivity contribution in [3.8, 4) is 5.75 Å². The van der Waals surface area contributed by atoms with Gasteiger partial charge in [0.15, 0.2) is 0 Å². The van der Waals surface area contributed by atoms with Crippen LogP contribution in [-0.2, 0) is 6.54 Å². The van der Waals surface area contributed by atoms with Crippen molar-refractivity contribution >= 4 is 17.3 Å². The van der Waals surface area contributed by atoms with Crippen molar-refractivity contribution in [2.75, 3.05) is 5.32 Å². The molecule has 2 N–H and O–H groups in total. The topological polar surface area (TPSA) is 45.1 Å². The van der Waals surface area contributed by atoms with Gasteiger partial charge in [-0.15, -0.1) is 0 Å². The summed E-state index contributed by atoms with van der Waals surface area (Å²) < 4.78 is 12.9. The fourth-order valence-corrected chi connectivity index (χ4v) is 1.50. The van der Waals surface area contributed by atoms with Gasteiger partial charge in [-0.25, -0.2) is 4.39 Å². The Morgan fingerprint density at radius 2 is 2.12 bits per heavy atom. The van der Waals surface area contributed by atoms with Crippen LogP contribution in [0.15, 0.2) is 36.5 Å². The molecule has 1 heterocycles. The number of rotatable bonds is 3. The van der Waals surface area contributed by atoms with E-state index in [9.17, 15) is 4.39 Å². The first-order valence-corrected chi connectivity index (χ1v) is 5.36. The van der Waals surface area contributed by atoms with Gasteiger partial charge in [0.1, 0.15) is 11.6 Å². The maximum atomic E-state index is 12.9. The summed E-state index contributed by atoms with van der Waals surface area (Å²) in [7, 11) is 0. The Hall–Kier alpha value is -1.81. The van der Waals surface area contributed by atoms with E-state index in [-0.39, 0.29) is 10.8 Å². The molecule has 1 aromatic carbocycles. The number of nitrogens with one attached hydrogen (secondary N) is 1. The fourth-order valence-electron chi connectivity index (χ4n) is 1.32. The highest BCUT2D eigenvalue weighted by atomic mass is 35.5. The van der Waals surface area contributed by atoms with Crippen molar-refractivity contribution < 1.29 is 9.50 Å². The predicted octanol–water partition coefficient (Wildman–Crippen LogP) is 3.19. The Bertz CT molecular complexity index is 516. The number of aromatic nitrogens is 1. The van der Waals surface area contributed by atoms with Gasteiger partial charge in [-0.1, -0.05) is 11.6 Å². The van der Waals surface area contributed by atoms with E-state index in [0.717, 1.165) is 5.69 Å². The summed E-state index contributed by atoms with van der Waals surface area (Å²) in [5, 5.41) is 12.2. The molecule has 0 fully saturated rings. The van der Waals surface area contributed by atoms with Gasteiger partial charge < -0.3 is 10.4 Å². The van der Waals surface area contributed by atoms with E-state index in [2.05, 4.69) is 10.3 Å². The number of halogens is 2. The van der Waals surface area contributed by atoms with Crippen molar-refractivity contribution in [2.24, 2.45) is 0 Å². The Morgan fingerprint density at radius 1 is 1.29 bits per heavy atom. The molecular formula is C12H10ClFN2O. The van der Waals surface area contributed by atoms with Crippen molar-refractivity contribution in [1.29, 1.82) is 0 Å². The van der Waals surface area contributed by atoms with Crippen LogP contribution in [0.25, 0.3) is 0 Å². The minimum atomic E-state index is -0.444. The Labute approximate surface area is 103 Å². The van der Waals surface area contributed by atoms with Crippen LogP contribution in [0.2, 0.25) is 5.02 Å². The second kappa shape index (κ2) is 5.01. The fraction of sp³-hybridized carbons (Fsp3) is 0.0833. The van der Waals surface area contributed by atoms with Crippen LogP contribution in [0, 0.1) is 5.82 Å². The second-order valence-electron chi connectivity index (χ2n) is 3.49. The number of benzene rings is 1. The average molecular weight is 253 g/mol. The molecule has 5 heteroatoms. The first-order chi connectivity index (χ1) is 8.15. The van der Waals surface area contributed by atoms with E-state index in [4.69, 9.17) is 16.7 Å². The molecule has 2 rings (SSSR count). The van der Waals surface area contributed by atoms with Gasteiger partial charge in [0.25, 0.3) is 0 Å². The zero-order valence-corrected chi connectivity index (χ0v) is 9.58. The van der Waals surface area contributed by atoms with Crippen molar-refractivity contribution in [3.63, 3.8) is 0 Å². The van der Waals surface area contributed by atoms with Gasteiger partial charge in [-0.05, 0) is 30.3 Å². The Morgan fingerprint density at radius 3 is 2.76 bits per heavy atom. The number of nitrogens with zero attached hydrogens (tertiary/aromatic N) is 1. The normalized spacial score (nSPS) is 10.2. The van der Waals surface area contributed by atoms with E-state index < -0.39 is 5.82 Å². The van der Waals surface area contributed by atoms with Crippen LogP contribution < -0.4 is 5.32 Å². The summed E-state index contributed by atoms with van der Waals surface area (Å²) >= 11 is 5.65. The van der Waals surface area contributed by atoms with Crippen LogP contribution in [0.4, 0.5) is 10.1 Å². The summed E-state index contributed by atoms with van der Waals surface area (Å²) in [4.78, 5) is 4.01. The van der Waals surface area contributed by atoms with Gasteiger partial charge in [-0.2, -0.15) is 0 Å². The molecule has 0 bridgehead atoms. The third kappa shape index (κ3) is 3.07. The van der Waals surface area contributed by atoms with Crippen molar-refractivity contribution in [3.05, 3.63) is 53.1 Å². The molecule has 0 radical (unpaired) electrons.